The van der Waals surface area contributed by atoms with E-state index in [0.29, 0.717) is 0 Å². The summed E-state index contributed by atoms with van der Waals surface area (Å²) >= 11 is 0. The molecule has 0 radical (unpaired) electrons. The zero-order valence-electron chi connectivity index (χ0n) is 16.1. The van der Waals surface area contributed by atoms with E-state index in [-0.39, 0.29) is 17.2 Å². The Morgan fingerprint density at radius 1 is 1.10 bits per heavy atom. The highest BCUT2D eigenvalue weighted by atomic mass is 32.2. The summed E-state index contributed by atoms with van der Waals surface area (Å²) in [6.45, 7) is -0.550. The Kier molecular flexibility index (Phi) is 6.36. The highest BCUT2D eigenvalue weighted by Crippen LogP contribution is 2.30. The number of carbonyl (C=O) groups excluding carboxylic acids is 3. The lowest BCUT2D eigenvalue weighted by Crippen LogP contribution is -2.51. The molecule has 0 saturated heterocycles. The molecule has 0 unspecified atom stereocenters. The van der Waals surface area contributed by atoms with Gasteiger partial charge in [-0.2, -0.15) is 0 Å². The number of nitrogens with one attached hydrogen (secondary N) is 1. The van der Waals surface area contributed by atoms with E-state index in [1.54, 1.807) is 30.3 Å². The van der Waals surface area contributed by atoms with Gasteiger partial charge in [0.05, 0.1) is 23.4 Å². The van der Waals surface area contributed by atoms with Crippen molar-refractivity contribution in [3.63, 3.8) is 0 Å². The van der Waals surface area contributed by atoms with Crippen molar-refractivity contribution in [3.05, 3.63) is 60.2 Å². The number of para-hydroxylation sites is 1. The van der Waals surface area contributed by atoms with E-state index in [9.17, 15) is 22.8 Å². The Labute approximate surface area is 173 Å². The second-order valence-corrected chi connectivity index (χ2v) is 8.51. The monoisotopic (exact) mass is 432 g/mol. The van der Waals surface area contributed by atoms with Crippen molar-refractivity contribution in [2.45, 2.75) is 17.5 Å². The maximum atomic E-state index is 13.0. The summed E-state index contributed by atoms with van der Waals surface area (Å²) in [6.07, 6.45) is -0.948. The van der Waals surface area contributed by atoms with Crippen LogP contribution in [0.5, 0.6) is 0 Å². The van der Waals surface area contributed by atoms with Crippen LogP contribution in [0.4, 0.5) is 10.5 Å². The number of alkyl carbamates (subject to hydrolysis) is 1. The van der Waals surface area contributed by atoms with Crippen LogP contribution in [-0.2, 0) is 35.5 Å². The molecule has 0 saturated carbocycles. The molecule has 2 aromatic rings. The highest BCUT2D eigenvalue weighted by Gasteiger charge is 2.39. The van der Waals surface area contributed by atoms with Gasteiger partial charge in [0.1, 0.15) is 19.2 Å². The van der Waals surface area contributed by atoms with Crippen molar-refractivity contribution in [1.82, 2.24) is 5.32 Å². The number of anilines is 1. The van der Waals surface area contributed by atoms with Crippen LogP contribution in [0.15, 0.2) is 59.5 Å². The van der Waals surface area contributed by atoms with Gasteiger partial charge in [-0.3, -0.25) is 14.5 Å². The van der Waals surface area contributed by atoms with Gasteiger partial charge in [0.25, 0.3) is 5.91 Å². The number of amides is 2. The molecule has 30 heavy (non-hydrogen) atoms. The third-order valence-corrected chi connectivity index (χ3v) is 6.25. The molecular weight excluding hydrogens is 412 g/mol. The average molecular weight is 432 g/mol. The Balaban J connectivity index is 1.84. The predicted molar refractivity (Wildman–Crippen MR) is 106 cm³/mol. The molecule has 0 aromatic heterocycles. The summed E-state index contributed by atoms with van der Waals surface area (Å²) < 4.78 is 35.4. The van der Waals surface area contributed by atoms with Crippen LogP contribution in [0.1, 0.15) is 5.56 Å². The number of fused-ring (bicyclic) bond motifs is 1. The normalized spacial score (nSPS) is 17.4. The number of hydrogen-bond acceptors (Lipinski definition) is 7. The van der Waals surface area contributed by atoms with Crippen molar-refractivity contribution < 1.29 is 32.3 Å². The van der Waals surface area contributed by atoms with Crippen molar-refractivity contribution in [3.8, 4) is 0 Å². The number of sulfone groups is 1. The average Bonchev–Trinajstić information content (AvgIpc) is 2.82. The van der Waals surface area contributed by atoms with Crippen LogP contribution in [0, 0.1) is 0 Å². The molecule has 1 aliphatic heterocycles. The van der Waals surface area contributed by atoms with Gasteiger partial charge in [0, 0.05) is 0 Å². The van der Waals surface area contributed by atoms with E-state index in [4.69, 9.17) is 4.74 Å². The Morgan fingerprint density at radius 3 is 2.47 bits per heavy atom. The van der Waals surface area contributed by atoms with Crippen molar-refractivity contribution in [2.24, 2.45) is 0 Å². The standard InChI is InChI=1S/C20H20N2O7S/c1-28-18(23)11-22-16-9-5-6-10-17(16)30(26,27)13-15(19(22)24)21-20(25)29-12-14-7-3-2-4-8-14/h2-10,15H,11-13H2,1H3,(H,21,25)/t15-/m0/s1. The Bertz CT molecular complexity index is 1050. The summed E-state index contributed by atoms with van der Waals surface area (Å²) in [6, 6.07) is 13.3. The fourth-order valence-corrected chi connectivity index (χ4v) is 4.62. The quantitative estimate of drug-likeness (QED) is 0.707. The zero-order chi connectivity index (χ0) is 21.7. The predicted octanol–water partition coefficient (Wildman–Crippen LogP) is 1.27. The number of hydrogen-bond donors (Lipinski definition) is 1. The molecule has 3 rings (SSSR count). The molecule has 9 nitrogen and oxygen atoms in total. The molecule has 1 heterocycles. The van der Waals surface area contributed by atoms with E-state index in [0.717, 1.165) is 17.6 Å². The Hall–Kier alpha value is -3.40. The minimum atomic E-state index is -3.93. The lowest BCUT2D eigenvalue weighted by Gasteiger charge is -2.24. The van der Waals surface area contributed by atoms with Gasteiger partial charge in [-0.25, -0.2) is 13.2 Å². The van der Waals surface area contributed by atoms with Gasteiger partial charge in [0.15, 0.2) is 9.84 Å². The van der Waals surface area contributed by atoms with Gasteiger partial charge in [-0.15, -0.1) is 0 Å². The molecule has 0 spiro atoms. The van der Waals surface area contributed by atoms with Crippen molar-refractivity contribution in [1.29, 1.82) is 0 Å². The molecule has 0 aliphatic carbocycles. The van der Waals surface area contributed by atoms with E-state index in [1.807, 2.05) is 6.07 Å². The second-order valence-electron chi connectivity index (χ2n) is 6.51. The summed E-state index contributed by atoms with van der Waals surface area (Å²) in [5, 5.41) is 2.31. The zero-order valence-corrected chi connectivity index (χ0v) is 16.9. The fraction of sp³-hybridized carbons (Fsp3) is 0.250. The number of methoxy groups -OCH3 is 1. The number of rotatable bonds is 5. The van der Waals surface area contributed by atoms with Crippen molar-refractivity contribution in [2.75, 3.05) is 24.3 Å². The van der Waals surface area contributed by atoms with Crippen LogP contribution in [-0.4, -0.2) is 51.8 Å². The topological polar surface area (TPSA) is 119 Å². The lowest BCUT2D eigenvalue weighted by molar-refractivity contribution is -0.140. The van der Waals surface area contributed by atoms with Crippen molar-refractivity contribution >= 4 is 33.5 Å². The van der Waals surface area contributed by atoms with E-state index < -0.39 is 46.1 Å². The first kappa shape index (κ1) is 21.3. The molecule has 1 atom stereocenters. The summed E-state index contributed by atoms with van der Waals surface area (Å²) in [5.74, 6) is -2.16. The van der Waals surface area contributed by atoms with Gasteiger partial charge < -0.3 is 14.8 Å². The number of ether oxygens (including phenoxy) is 2. The molecule has 1 N–H and O–H groups in total. The number of nitrogens with zero attached hydrogens (tertiary/aromatic N) is 1. The first-order valence-corrected chi connectivity index (χ1v) is 10.6. The molecule has 158 valence electrons. The molecule has 10 heteroatoms. The smallest absolute Gasteiger partial charge is 0.408 e. The fourth-order valence-electron chi connectivity index (χ4n) is 3.00. The minimum absolute atomic E-state index is 0.0492. The number of benzene rings is 2. The Morgan fingerprint density at radius 2 is 1.77 bits per heavy atom. The number of carbonyl (C=O) groups is 3. The second kappa shape index (κ2) is 8.95. The van der Waals surface area contributed by atoms with Gasteiger partial charge in [0.2, 0.25) is 0 Å². The molecule has 0 bridgehead atoms. The molecule has 1 aliphatic rings. The largest absolute Gasteiger partial charge is 0.468 e. The molecule has 2 amide bonds. The van der Waals surface area contributed by atoms with Crippen LogP contribution in [0.25, 0.3) is 0 Å². The van der Waals surface area contributed by atoms with E-state index in [2.05, 4.69) is 10.1 Å². The molecule has 2 aromatic carbocycles. The third kappa shape index (κ3) is 4.77. The SMILES string of the molecule is COC(=O)CN1C(=O)[C@@H](NC(=O)OCc2ccccc2)CS(=O)(=O)c2ccccc21. The first-order valence-electron chi connectivity index (χ1n) is 8.99. The summed E-state index contributed by atoms with van der Waals surface area (Å²) in [7, 11) is -2.78. The van der Waals surface area contributed by atoms with E-state index in [1.165, 1.54) is 18.2 Å². The van der Waals surface area contributed by atoms with Gasteiger partial charge in [-0.1, -0.05) is 42.5 Å². The van der Waals surface area contributed by atoms with Crippen LogP contribution in [0.2, 0.25) is 0 Å². The third-order valence-electron chi connectivity index (χ3n) is 4.46. The maximum absolute atomic E-state index is 13.0. The van der Waals surface area contributed by atoms with Crippen LogP contribution in [0.3, 0.4) is 0 Å². The molecular formula is C20H20N2O7S. The summed E-state index contributed by atoms with van der Waals surface area (Å²) in [4.78, 5) is 38.0. The van der Waals surface area contributed by atoms with Crippen LogP contribution < -0.4 is 10.2 Å². The first-order chi connectivity index (χ1) is 14.3. The van der Waals surface area contributed by atoms with Crippen LogP contribution >= 0.6 is 0 Å². The van der Waals surface area contributed by atoms with E-state index >= 15 is 0 Å². The van der Waals surface area contributed by atoms with Gasteiger partial charge >= 0.3 is 12.1 Å². The summed E-state index contributed by atoms with van der Waals surface area (Å²) in [5.41, 5.74) is 0.780. The highest BCUT2D eigenvalue weighted by molar-refractivity contribution is 7.91. The molecule has 0 fully saturated rings. The maximum Gasteiger partial charge on any atom is 0.408 e. The lowest BCUT2D eigenvalue weighted by atomic mass is 10.2. The number of esters is 1. The minimum Gasteiger partial charge on any atom is -0.468 e. The van der Waals surface area contributed by atoms with Gasteiger partial charge in [-0.05, 0) is 17.7 Å².